The maximum atomic E-state index is 11.9. The largest absolute Gasteiger partial charge is 0.481 e. The van der Waals surface area contributed by atoms with Crippen LogP contribution in [0.2, 0.25) is 0 Å². The van der Waals surface area contributed by atoms with Gasteiger partial charge in [-0.25, -0.2) is 0 Å². The number of carbonyl (C=O) groups is 3. The van der Waals surface area contributed by atoms with Crippen LogP contribution in [0.1, 0.15) is 25.7 Å². The Hall–Kier alpha value is -1.28. The topological polar surface area (TPSA) is 95.9 Å². The van der Waals surface area contributed by atoms with Crippen LogP contribution in [-0.4, -0.2) is 71.6 Å². The second kappa shape index (κ2) is 9.12. The normalized spacial score (nSPS) is 25.0. The van der Waals surface area contributed by atoms with Crippen molar-refractivity contribution in [2.45, 2.75) is 31.7 Å². The quantitative estimate of drug-likeness (QED) is 0.721. The maximum absolute atomic E-state index is 11.9. The Morgan fingerprint density at radius 2 is 1.74 bits per heavy atom. The van der Waals surface area contributed by atoms with Crippen molar-refractivity contribution in [2.75, 3.05) is 37.8 Å². The van der Waals surface area contributed by atoms with E-state index in [1.807, 2.05) is 0 Å². The third-order valence-electron chi connectivity index (χ3n) is 4.26. The second-order valence-corrected chi connectivity index (χ2v) is 6.93. The average Bonchev–Trinajstić information content (AvgIpc) is 2.56. The number of hydrogen-bond acceptors (Lipinski definition) is 5. The first-order valence-corrected chi connectivity index (χ1v) is 9.17. The highest BCUT2D eigenvalue weighted by Crippen LogP contribution is 2.24. The van der Waals surface area contributed by atoms with Crippen LogP contribution in [0.25, 0.3) is 0 Å². The predicted molar refractivity (Wildman–Crippen MR) is 86.2 cm³/mol. The van der Waals surface area contributed by atoms with E-state index in [2.05, 4.69) is 5.32 Å². The molecule has 1 aliphatic heterocycles. The first kappa shape index (κ1) is 18.1. The SMILES string of the molecule is O=C(CSCC(=O)N1CCOCC1)NC1CCC(C(=O)O)CC1. The molecule has 23 heavy (non-hydrogen) atoms. The molecule has 0 aromatic rings. The second-order valence-electron chi connectivity index (χ2n) is 5.94. The molecule has 0 unspecified atom stereocenters. The molecular weight excluding hydrogens is 320 g/mol. The lowest BCUT2D eigenvalue weighted by atomic mass is 9.86. The van der Waals surface area contributed by atoms with E-state index in [-0.39, 0.29) is 29.5 Å². The van der Waals surface area contributed by atoms with E-state index in [9.17, 15) is 14.4 Å². The van der Waals surface area contributed by atoms with Crippen molar-refractivity contribution >= 4 is 29.5 Å². The minimum absolute atomic E-state index is 0.0491. The molecule has 130 valence electrons. The molecule has 0 radical (unpaired) electrons. The summed E-state index contributed by atoms with van der Waals surface area (Å²) in [5.41, 5.74) is 0. The number of carboxylic acid groups (broad SMARTS) is 1. The van der Waals surface area contributed by atoms with E-state index in [0.717, 1.165) is 0 Å². The summed E-state index contributed by atoms with van der Waals surface area (Å²) in [6.45, 7) is 2.41. The molecule has 0 aromatic carbocycles. The van der Waals surface area contributed by atoms with Crippen LogP contribution < -0.4 is 5.32 Å². The molecule has 2 N–H and O–H groups in total. The number of thioether (sulfide) groups is 1. The van der Waals surface area contributed by atoms with E-state index in [1.165, 1.54) is 11.8 Å². The molecule has 0 spiro atoms. The van der Waals surface area contributed by atoms with Gasteiger partial charge in [-0.1, -0.05) is 0 Å². The van der Waals surface area contributed by atoms with Crippen LogP contribution in [0.15, 0.2) is 0 Å². The summed E-state index contributed by atoms with van der Waals surface area (Å²) in [7, 11) is 0. The molecule has 2 amide bonds. The van der Waals surface area contributed by atoms with Crippen molar-refractivity contribution in [1.29, 1.82) is 0 Å². The van der Waals surface area contributed by atoms with Gasteiger partial charge in [-0.3, -0.25) is 14.4 Å². The van der Waals surface area contributed by atoms with Crippen molar-refractivity contribution < 1.29 is 24.2 Å². The standard InChI is InChI=1S/C15H24N2O5S/c18-13(16-12-3-1-11(2-4-12)15(20)21)9-23-10-14(19)17-5-7-22-8-6-17/h11-12H,1-10H2,(H,16,18)(H,20,21). The zero-order valence-corrected chi connectivity index (χ0v) is 14.0. The highest BCUT2D eigenvalue weighted by atomic mass is 32.2. The molecule has 8 heteroatoms. The van der Waals surface area contributed by atoms with Crippen LogP contribution >= 0.6 is 11.8 Å². The summed E-state index contributed by atoms with van der Waals surface area (Å²) in [4.78, 5) is 36.5. The summed E-state index contributed by atoms with van der Waals surface area (Å²) < 4.78 is 5.20. The third-order valence-corrected chi connectivity index (χ3v) is 5.18. The Morgan fingerprint density at radius 3 is 2.35 bits per heavy atom. The average molecular weight is 344 g/mol. The molecule has 7 nitrogen and oxygen atoms in total. The van der Waals surface area contributed by atoms with Gasteiger partial charge in [0.2, 0.25) is 11.8 Å². The Balaban J connectivity index is 1.58. The van der Waals surface area contributed by atoms with E-state index >= 15 is 0 Å². The molecule has 2 aliphatic rings. The van der Waals surface area contributed by atoms with E-state index < -0.39 is 5.97 Å². The molecule has 1 saturated heterocycles. The minimum Gasteiger partial charge on any atom is -0.481 e. The maximum Gasteiger partial charge on any atom is 0.306 e. The van der Waals surface area contributed by atoms with Gasteiger partial charge < -0.3 is 20.1 Å². The molecule has 1 heterocycles. The fraction of sp³-hybridized carbons (Fsp3) is 0.800. The van der Waals surface area contributed by atoms with Gasteiger partial charge in [-0.2, -0.15) is 0 Å². The van der Waals surface area contributed by atoms with Crippen LogP contribution in [0.4, 0.5) is 0 Å². The van der Waals surface area contributed by atoms with Gasteiger partial charge in [0.15, 0.2) is 0 Å². The Bertz CT molecular complexity index is 432. The zero-order chi connectivity index (χ0) is 16.7. The molecule has 1 aliphatic carbocycles. The van der Waals surface area contributed by atoms with Crippen molar-refractivity contribution in [3.8, 4) is 0 Å². The monoisotopic (exact) mass is 344 g/mol. The zero-order valence-electron chi connectivity index (χ0n) is 13.2. The molecule has 2 rings (SSSR count). The molecule has 2 fully saturated rings. The summed E-state index contributed by atoms with van der Waals surface area (Å²) in [6, 6.07) is 0.0636. The first-order chi connectivity index (χ1) is 11.1. The fourth-order valence-corrected chi connectivity index (χ4v) is 3.62. The highest BCUT2D eigenvalue weighted by Gasteiger charge is 2.26. The lowest BCUT2D eigenvalue weighted by Gasteiger charge is -2.27. The molecule has 1 saturated carbocycles. The number of nitrogens with one attached hydrogen (secondary N) is 1. The lowest BCUT2D eigenvalue weighted by molar-refractivity contribution is -0.142. The summed E-state index contributed by atoms with van der Waals surface area (Å²) in [5, 5.41) is 11.9. The van der Waals surface area contributed by atoms with E-state index in [0.29, 0.717) is 57.7 Å². The Labute approximate surface area is 140 Å². The van der Waals surface area contributed by atoms with Gasteiger partial charge in [0.25, 0.3) is 0 Å². The summed E-state index contributed by atoms with van der Waals surface area (Å²) >= 11 is 1.32. The van der Waals surface area contributed by atoms with Crippen molar-refractivity contribution in [1.82, 2.24) is 10.2 Å². The van der Waals surface area contributed by atoms with E-state index in [1.54, 1.807) is 4.90 Å². The summed E-state index contributed by atoms with van der Waals surface area (Å²) in [5.74, 6) is -0.485. The number of nitrogens with zero attached hydrogens (tertiary/aromatic N) is 1. The van der Waals surface area contributed by atoms with Gasteiger partial charge in [-0.05, 0) is 25.7 Å². The fourth-order valence-electron chi connectivity index (χ4n) is 2.89. The number of rotatable bonds is 6. The molecule has 0 bridgehead atoms. The van der Waals surface area contributed by atoms with Gasteiger partial charge >= 0.3 is 5.97 Å². The van der Waals surface area contributed by atoms with Crippen molar-refractivity contribution in [3.63, 3.8) is 0 Å². The van der Waals surface area contributed by atoms with Gasteiger partial charge in [0, 0.05) is 19.1 Å². The molecular formula is C15H24N2O5S. The van der Waals surface area contributed by atoms with Crippen LogP contribution in [0.3, 0.4) is 0 Å². The predicted octanol–water partition coefficient (Wildman–Crippen LogP) is 0.338. The van der Waals surface area contributed by atoms with Gasteiger partial charge in [-0.15, -0.1) is 11.8 Å². The number of hydrogen-bond donors (Lipinski definition) is 2. The number of amides is 2. The summed E-state index contributed by atoms with van der Waals surface area (Å²) in [6.07, 6.45) is 2.64. The number of aliphatic carboxylic acids is 1. The number of morpholine rings is 1. The Morgan fingerprint density at radius 1 is 1.09 bits per heavy atom. The third kappa shape index (κ3) is 6.02. The number of carbonyl (C=O) groups excluding carboxylic acids is 2. The number of ether oxygens (including phenoxy) is 1. The lowest BCUT2D eigenvalue weighted by Crippen LogP contribution is -2.42. The van der Waals surface area contributed by atoms with Crippen LogP contribution in [0.5, 0.6) is 0 Å². The molecule has 0 aromatic heterocycles. The Kier molecular flexibility index (Phi) is 7.16. The van der Waals surface area contributed by atoms with Crippen molar-refractivity contribution in [3.05, 3.63) is 0 Å². The van der Waals surface area contributed by atoms with Gasteiger partial charge in [0.1, 0.15) is 0 Å². The van der Waals surface area contributed by atoms with Crippen LogP contribution in [0, 0.1) is 5.92 Å². The van der Waals surface area contributed by atoms with E-state index in [4.69, 9.17) is 9.84 Å². The minimum atomic E-state index is -0.744. The first-order valence-electron chi connectivity index (χ1n) is 8.01. The van der Waals surface area contributed by atoms with Gasteiger partial charge in [0.05, 0.1) is 30.6 Å². The highest BCUT2D eigenvalue weighted by molar-refractivity contribution is 8.00. The smallest absolute Gasteiger partial charge is 0.306 e. The van der Waals surface area contributed by atoms with Crippen LogP contribution in [-0.2, 0) is 19.1 Å². The molecule has 0 atom stereocenters. The van der Waals surface area contributed by atoms with Crippen molar-refractivity contribution in [2.24, 2.45) is 5.92 Å². The number of carboxylic acids is 1.